The Hall–Kier alpha value is -3.38. The van der Waals surface area contributed by atoms with Gasteiger partial charge in [0.15, 0.2) is 0 Å². The van der Waals surface area contributed by atoms with Gasteiger partial charge < -0.3 is 5.32 Å². The van der Waals surface area contributed by atoms with Gasteiger partial charge >= 0.3 is 0 Å². The first-order chi connectivity index (χ1) is 13.6. The molecule has 0 aliphatic heterocycles. The van der Waals surface area contributed by atoms with Crippen LogP contribution < -0.4 is 5.32 Å². The number of hydrogen-bond donors (Lipinski definition) is 1. The maximum Gasteiger partial charge on any atom is 0.270 e. The second-order valence-electron chi connectivity index (χ2n) is 5.93. The first-order valence-electron chi connectivity index (χ1n) is 8.54. The minimum atomic E-state index is -0.450. The van der Waals surface area contributed by atoms with Gasteiger partial charge in [-0.2, -0.15) is 0 Å². The van der Waals surface area contributed by atoms with E-state index < -0.39 is 4.92 Å². The van der Waals surface area contributed by atoms with Gasteiger partial charge in [-0.1, -0.05) is 54.6 Å². The van der Waals surface area contributed by atoms with Crippen LogP contribution in [0.1, 0.15) is 11.1 Å². The smallest absolute Gasteiger partial charge is 0.270 e. The summed E-state index contributed by atoms with van der Waals surface area (Å²) >= 11 is 1.54. The van der Waals surface area contributed by atoms with Crippen LogP contribution in [0.25, 0.3) is 11.6 Å². The monoisotopic (exact) mass is 390 g/mol. The van der Waals surface area contributed by atoms with E-state index in [4.69, 9.17) is 0 Å². The van der Waals surface area contributed by atoms with Gasteiger partial charge in [-0.15, -0.1) is 11.8 Å². The summed E-state index contributed by atoms with van der Waals surface area (Å²) in [4.78, 5) is 24.6. The van der Waals surface area contributed by atoms with Gasteiger partial charge in [0.1, 0.15) is 0 Å². The molecule has 0 radical (unpaired) electrons. The number of para-hydroxylation sites is 1. The molecular weight excluding hydrogens is 372 g/mol. The highest BCUT2D eigenvalue weighted by atomic mass is 32.2. The molecule has 0 aliphatic carbocycles. The summed E-state index contributed by atoms with van der Waals surface area (Å²) in [6.07, 6.45) is 3.61. The van der Waals surface area contributed by atoms with E-state index in [0.717, 1.165) is 16.1 Å². The number of nitro groups is 1. The lowest BCUT2D eigenvalue weighted by Crippen LogP contribution is -2.14. The molecule has 28 heavy (non-hydrogen) atoms. The van der Waals surface area contributed by atoms with Crippen molar-refractivity contribution < 1.29 is 9.72 Å². The Kier molecular flexibility index (Phi) is 6.24. The molecule has 0 saturated carbocycles. The quantitative estimate of drug-likeness (QED) is 0.198. The van der Waals surface area contributed by atoms with Crippen molar-refractivity contribution in [3.05, 3.63) is 100 Å². The molecule has 1 N–H and O–H groups in total. The van der Waals surface area contributed by atoms with Crippen LogP contribution in [0.2, 0.25) is 0 Å². The zero-order chi connectivity index (χ0) is 19.9. The number of hydrogen-bond acceptors (Lipinski definition) is 4. The highest BCUT2D eigenvalue weighted by Gasteiger charge is 2.15. The predicted molar refractivity (Wildman–Crippen MR) is 114 cm³/mol. The lowest BCUT2D eigenvalue weighted by atomic mass is 10.0. The number of benzene rings is 3. The van der Waals surface area contributed by atoms with E-state index >= 15 is 0 Å². The van der Waals surface area contributed by atoms with Crippen molar-refractivity contribution in [1.29, 1.82) is 0 Å². The van der Waals surface area contributed by atoms with E-state index in [-0.39, 0.29) is 11.6 Å². The van der Waals surface area contributed by atoms with E-state index in [0.29, 0.717) is 11.1 Å². The number of nitro benzene ring substituents is 1. The summed E-state index contributed by atoms with van der Waals surface area (Å²) in [5.41, 5.74) is 2.45. The van der Waals surface area contributed by atoms with E-state index in [1.807, 2.05) is 60.9 Å². The summed E-state index contributed by atoms with van der Waals surface area (Å²) in [6, 6.07) is 23.0. The molecule has 0 unspecified atom stereocenters. The summed E-state index contributed by atoms with van der Waals surface area (Å²) in [6.45, 7) is 0. The number of anilines is 1. The van der Waals surface area contributed by atoms with E-state index in [1.165, 1.54) is 12.1 Å². The molecule has 3 aromatic carbocycles. The van der Waals surface area contributed by atoms with Crippen LogP contribution in [0.5, 0.6) is 0 Å². The second kappa shape index (κ2) is 9.01. The molecule has 5 nitrogen and oxygen atoms in total. The van der Waals surface area contributed by atoms with Crippen LogP contribution in [-0.2, 0) is 4.79 Å². The van der Waals surface area contributed by atoms with Crippen LogP contribution in [0, 0.1) is 10.1 Å². The second-order valence-corrected chi connectivity index (χ2v) is 6.78. The molecule has 0 heterocycles. The van der Waals surface area contributed by atoms with Gasteiger partial charge in [-0.3, -0.25) is 14.9 Å². The summed E-state index contributed by atoms with van der Waals surface area (Å²) in [5.74, 6) is -0.279. The van der Waals surface area contributed by atoms with Crippen LogP contribution in [0.4, 0.5) is 11.4 Å². The van der Waals surface area contributed by atoms with E-state index in [1.54, 1.807) is 30.0 Å². The molecule has 0 saturated heterocycles. The number of carbonyl (C=O) groups is 1. The SMILES string of the molecule is CSc1ccccc1NC(=O)/C(=C/c1cccc([N+](=O)[O-])c1)c1ccccc1. The Morgan fingerprint density at radius 1 is 1.00 bits per heavy atom. The topological polar surface area (TPSA) is 72.2 Å². The van der Waals surface area contributed by atoms with Crippen LogP contribution >= 0.6 is 11.8 Å². The lowest BCUT2D eigenvalue weighted by Gasteiger charge is -2.12. The Bertz CT molecular complexity index is 1030. The lowest BCUT2D eigenvalue weighted by molar-refractivity contribution is -0.384. The van der Waals surface area contributed by atoms with Crippen molar-refractivity contribution in [2.24, 2.45) is 0 Å². The minimum absolute atomic E-state index is 0.0192. The molecule has 3 aromatic rings. The number of thioether (sulfide) groups is 1. The van der Waals surface area contributed by atoms with Gasteiger partial charge in [0.2, 0.25) is 0 Å². The summed E-state index contributed by atoms with van der Waals surface area (Å²) in [5, 5.41) is 14.0. The minimum Gasteiger partial charge on any atom is -0.321 e. The standard InChI is InChI=1S/C22H18N2O3S/c1-28-21-13-6-5-12-20(21)23-22(25)19(17-9-3-2-4-10-17)15-16-8-7-11-18(14-16)24(26)27/h2-15H,1H3,(H,23,25)/b19-15+. The van der Waals surface area contributed by atoms with Crippen molar-refractivity contribution in [3.8, 4) is 0 Å². The first-order valence-corrected chi connectivity index (χ1v) is 9.77. The van der Waals surface area contributed by atoms with Crippen LogP contribution in [-0.4, -0.2) is 17.1 Å². The molecular formula is C22H18N2O3S. The number of nitrogens with one attached hydrogen (secondary N) is 1. The molecule has 0 spiro atoms. The van der Waals surface area contributed by atoms with Crippen molar-refractivity contribution in [2.45, 2.75) is 4.90 Å². The maximum atomic E-state index is 13.1. The number of rotatable bonds is 6. The molecule has 0 atom stereocenters. The van der Waals surface area contributed by atoms with Gasteiger partial charge in [0, 0.05) is 22.6 Å². The van der Waals surface area contributed by atoms with Crippen LogP contribution in [0.15, 0.2) is 83.8 Å². The molecule has 3 rings (SSSR count). The number of nitrogens with zero attached hydrogens (tertiary/aromatic N) is 1. The summed E-state index contributed by atoms with van der Waals surface area (Å²) < 4.78 is 0. The fourth-order valence-electron chi connectivity index (χ4n) is 2.73. The van der Waals surface area contributed by atoms with Crippen molar-refractivity contribution in [2.75, 3.05) is 11.6 Å². The van der Waals surface area contributed by atoms with Crippen molar-refractivity contribution in [3.63, 3.8) is 0 Å². The van der Waals surface area contributed by atoms with Crippen LogP contribution in [0.3, 0.4) is 0 Å². The fourth-order valence-corrected chi connectivity index (χ4v) is 3.28. The average Bonchev–Trinajstić information content (AvgIpc) is 2.73. The number of carbonyl (C=O) groups excluding carboxylic acids is 1. The molecule has 6 heteroatoms. The molecule has 0 bridgehead atoms. The largest absolute Gasteiger partial charge is 0.321 e. The third kappa shape index (κ3) is 4.66. The van der Waals surface area contributed by atoms with E-state index in [9.17, 15) is 14.9 Å². The Morgan fingerprint density at radius 2 is 1.71 bits per heavy atom. The van der Waals surface area contributed by atoms with Crippen molar-refractivity contribution in [1.82, 2.24) is 0 Å². The Labute approximate surface area is 167 Å². The molecule has 0 aliphatic rings. The molecule has 140 valence electrons. The Balaban J connectivity index is 2.01. The third-order valence-corrected chi connectivity index (χ3v) is 4.87. The summed E-state index contributed by atoms with van der Waals surface area (Å²) in [7, 11) is 0. The zero-order valence-electron chi connectivity index (χ0n) is 15.2. The zero-order valence-corrected chi connectivity index (χ0v) is 16.0. The highest BCUT2D eigenvalue weighted by molar-refractivity contribution is 7.98. The predicted octanol–water partition coefficient (Wildman–Crippen LogP) is 5.50. The fraction of sp³-hybridized carbons (Fsp3) is 0.0455. The average molecular weight is 390 g/mol. The van der Waals surface area contributed by atoms with E-state index in [2.05, 4.69) is 5.32 Å². The maximum absolute atomic E-state index is 13.1. The molecule has 1 amide bonds. The Morgan fingerprint density at radius 3 is 2.43 bits per heavy atom. The molecule has 0 aromatic heterocycles. The van der Waals surface area contributed by atoms with Gasteiger partial charge in [0.25, 0.3) is 11.6 Å². The highest BCUT2D eigenvalue weighted by Crippen LogP contribution is 2.27. The normalized spacial score (nSPS) is 11.1. The third-order valence-electron chi connectivity index (χ3n) is 4.08. The van der Waals surface area contributed by atoms with Gasteiger partial charge in [-0.25, -0.2) is 0 Å². The molecule has 0 fully saturated rings. The first kappa shape index (κ1) is 19.4. The number of non-ortho nitro benzene ring substituents is 1. The van der Waals surface area contributed by atoms with Crippen molar-refractivity contribution >= 4 is 40.7 Å². The van der Waals surface area contributed by atoms with Gasteiger partial charge in [0.05, 0.1) is 10.6 Å². The number of amides is 1. The van der Waals surface area contributed by atoms with Gasteiger partial charge in [-0.05, 0) is 35.6 Å².